The molecule has 0 saturated heterocycles. The molecule has 100 valence electrons. The van der Waals surface area contributed by atoms with Crippen molar-refractivity contribution < 1.29 is 4.52 Å². The second kappa shape index (κ2) is 5.53. The Morgan fingerprint density at radius 3 is 2.80 bits per heavy atom. The number of hydrogen-bond donors (Lipinski definition) is 1. The van der Waals surface area contributed by atoms with Crippen LogP contribution in [0.2, 0.25) is 0 Å². The lowest BCUT2D eigenvalue weighted by atomic mass is 10.1. The minimum atomic E-state index is 0.337. The van der Waals surface area contributed by atoms with Crippen LogP contribution in [0.1, 0.15) is 0 Å². The average molecular weight is 442 g/mol. The average Bonchev–Trinajstić information content (AvgIpc) is 2.84. The van der Waals surface area contributed by atoms with Crippen molar-refractivity contribution in [1.29, 1.82) is 0 Å². The molecule has 0 atom stereocenters. The number of nitrogens with zero attached hydrogens (tertiary/aromatic N) is 2. The third-order valence-electron chi connectivity index (χ3n) is 2.81. The fraction of sp³-hybridized carbons (Fsp3) is 0. The van der Waals surface area contributed by atoms with Crippen molar-refractivity contribution in [3.05, 3.63) is 50.6 Å². The molecule has 0 saturated carbocycles. The van der Waals surface area contributed by atoms with Crippen molar-refractivity contribution in [2.45, 2.75) is 0 Å². The van der Waals surface area contributed by atoms with E-state index in [1.807, 2.05) is 36.4 Å². The van der Waals surface area contributed by atoms with E-state index in [-0.39, 0.29) is 0 Å². The largest absolute Gasteiger partial charge is 0.380 e. The smallest absolute Gasteiger partial charge is 0.179 e. The minimum absolute atomic E-state index is 0.337. The van der Waals surface area contributed by atoms with Crippen LogP contribution in [0.4, 0.5) is 5.82 Å². The third-order valence-corrected chi connectivity index (χ3v) is 4.18. The van der Waals surface area contributed by atoms with Crippen molar-refractivity contribution in [2.75, 3.05) is 5.73 Å². The van der Waals surface area contributed by atoms with E-state index in [0.29, 0.717) is 17.1 Å². The van der Waals surface area contributed by atoms with Gasteiger partial charge in [0.1, 0.15) is 0 Å². The molecule has 0 aliphatic heterocycles. The zero-order valence-corrected chi connectivity index (χ0v) is 13.9. The van der Waals surface area contributed by atoms with E-state index >= 15 is 0 Å². The first-order chi connectivity index (χ1) is 9.66. The monoisotopic (exact) mass is 441 g/mol. The number of halogens is 2. The van der Waals surface area contributed by atoms with Gasteiger partial charge in [0.05, 0.1) is 11.3 Å². The predicted molar refractivity (Wildman–Crippen MR) is 90.0 cm³/mol. The summed E-state index contributed by atoms with van der Waals surface area (Å²) in [6.07, 6.45) is 1.72. The lowest BCUT2D eigenvalue weighted by molar-refractivity contribution is 0.436. The molecule has 3 aromatic rings. The highest BCUT2D eigenvalue weighted by Gasteiger charge is 2.20. The van der Waals surface area contributed by atoms with Crippen LogP contribution in [0.3, 0.4) is 0 Å². The molecule has 0 amide bonds. The highest BCUT2D eigenvalue weighted by atomic mass is 127. The summed E-state index contributed by atoms with van der Waals surface area (Å²) >= 11 is 5.78. The molecule has 6 heteroatoms. The molecule has 3 rings (SSSR count). The highest BCUT2D eigenvalue weighted by molar-refractivity contribution is 14.1. The molecule has 20 heavy (non-hydrogen) atoms. The first kappa shape index (κ1) is 13.6. The Morgan fingerprint density at radius 1 is 1.20 bits per heavy atom. The van der Waals surface area contributed by atoms with Gasteiger partial charge in [-0.15, -0.1) is 0 Å². The standard InChI is InChI=1S/C14H9BrIN3O/c15-10-5-4-8(16)7-9(10)13-12(14(17)19-20-13)11-3-1-2-6-18-11/h1-7H,(H2,17,19). The Kier molecular flexibility index (Phi) is 3.75. The maximum Gasteiger partial charge on any atom is 0.179 e. The molecule has 0 radical (unpaired) electrons. The number of hydrogen-bond acceptors (Lipinski definition) is 4. The van der Waals surface area contributed by atoms with Gasteiger partial charge in [-0.2, -0.15) is 0 Å². The minimum Gasteiger partial charge on any atom is -0.380 e. The molecule has 0 fully saturated rings. The molecular weight excluding hydrogens is 433 g/mol. The van der Waals surface area contributed by atoms with Crippen molar-refractivity contribution in [1.82, 2.24) is 10.1 Å². The van der Waals surface area contributed by atoms with Crippen LogP contribution < -0.4 is 5.73 Å². The Bertz CT molecular complexity index is 758. The van der Waals surface area contributed by atoms with Gasteiger partial charge in [-0.25, -0.2) is 0 Å². The van der Waals surface area contributed by atoms with E-state index < -0.39 is 0 Å². The van der Waals surface area contributed by atoms with Crippen LogP contribution in [-0.2, 0) is 0 Å². The van der Waals surface area contributed by atoms with Gasteiger partial charge in [-0.1, -0.05) is 27.2 Å². The molecule has 0 spiro atoms. The molecule has 0 aliphatic carbocycles. The first-order valence-electron chi connectivity index (χ1n) is 5.79. The van der Waals surface area contributed by atoms with Gasteiger partial charge < -0.3 is 10.3 Å². The van der Waals surface area contributed by atoms with Crippen molar-refractivity contribution in [3.63, 3.8) is 0 Å². The quantitative estimate of drug-likeness (QED) is 0.600. The maximum absolute atomic E-state index is 5.94. The number of benzene rings is 1. The number of aromatic nitrogens is 2. The van der Waals surface area contributed by atoms with Gasteiger partial charge in [-0.05, 0) is 52.9 Å². The lowest BCUT2D eigenvalue weighted by Gasteiger charge is -2.04. The van der Waals surface area contributed by atoms with Crippen LogP contribution in [-0.4, -0.2) is 10.1 Å². The highest BCUT2D eigenvalue weighted by Crippen LogP contribution is 2.39. The van der Waals surface area contributed by atoms with Crippen LogP contribution in [0.5, 0.6) is 0 Å². The second-order valence-electron chi connectivity index (χ2n) is 4.11. The van der Waals surface area contributed by atoms with Crippen LogP contribution in [0, 0.1) is 3.57 Å². The molecule has 1 aromatic carbocycles. The zero-order chi connectivity index (χ0) is 14.1. The number of anilines is 1. The van der Waals surface area contributed by atoms with Gasteiger partial charge in [0, 0.05) is 19.8 Å². The molecular formula is C14H9BrIN3O. The predicted octanol–water partition coefficient (Wildman–Crippen LogP) is 4.35. The summed E-state index contributed by atoms with van der Waals surface area (Å²) in [4.78, 5) is 4.32. The van der Waals surface area contributed by atoms with Gasteiger partial charge in [0.25, 0.3) is 0 Å². The van der Waals surface area contributed by atoms with Crippen molar-refractivity contribution in [3.8, 4) is 22.6 Å². The van der Waals surface area contributed by atoms with Crippen molar-refractivity contribution >= 4 is 44.3 Å². The van der Waals surface area contributed by atoms with Crippen LogP contribution in [0.25, 0.3) is 22.6 Å². The Balaban J connectivity index is 2.24. The van der Waals surface area contributed by atoms with Gasteiger partial charge in [0.15, 0.2) is 11.6 Å². The van der Waals surface area contributed by atoms with E-state index in [2.05, 4.69) is 48.7 Å². The lowest BCUT2D eigenvalue weighted by Crippen LogP contribution is -1.91. The summed E-state index contributed by atoms with van der Waals surface area (Å²) in [6, 6.07) is 11.6. The molecule has 2 heterocycles. The van der Waals surface area contributed by atoms with Gasteiger partial charge in [-0.3, -0.25) is 4.98 Å². The summed E-state index contributed by atoms with van der Waals surface area (Å²) in [5, 5.41) is 3.88. The van der Waals surface area contributed by atoms with E-state index in [1.165, 1.54) is 0 Å². The summed E-state index contributed by atoms with van der Waals surface area (Å²) in [5.74, 6) is 0.955. The normalized spacial score (nSPS) is 10.7. The van der Waals surface area contributed by atoms with E-state index in [1.54, 1.807) is 6.20 Å². The van der Waals surface area contributed by atoms with Gasteiger partial charge in [0.2, 0.25) is 0 Å². The molecule has 0 aliphatic rings. The van der Waals surface area contributed by atoms with E-state index in [0.717, 1.165) is 19.3 Å². The molecule has 2 aromatic heterocycles. The summed E-state index contributed by atoms with van der Waals surface area (Å²) in [7, 11) is 0. The Hall–Kier alpha value is -1.41. The zero-order valence-electron chi connectivity index (χ0n) is 10.2. The summed E-state index contributed by atoms with van der Waals surface area (Å²) < 4.78 is 7.45. The fourth-order valence-electron chi connectivity index (χ4n) is 1.92. The van der Waals surface area contributed by atoms with Crippen LogP contribution >= 0.6 is 38.5 Å². The van der Waals surface area contributed by atoms with E-state index in [9.17, 15) is 0 Å². The van der Waals surface area contributed by atoms with E-state index in [4.69, 9.17) is 10.3 Å². The number of nitrogens with two attached hydrogens (primary N) is 1. The first-order valence-corrected chi connectivity index (χ1v) is 7.66. The third kappa shape index (κ3) is 2.45. The number of nitrogen functional groups attached to an aromatic ring is 1. The maximum atomic E-state index is 5.94. The SMILES string of the molecule is Nc1noc(-c2cc(I)ccc2Br)c1-c1ccccn1. The van der Waals surface area contributed by atoms with Gasteiger partial charge >= 0.3 is 0 Å². The van der Waals surface area contributed by atoms with Crippen molar-refractivity contribution in [2.24, 2.45) is 0 Å². The molecule has 4 nitrogen and oxygen atoms in total. The summed E-state index contributed by atoms with van der Waals surface area (Å²) in [6.45, 7) is 0. The fourth-order valence-corrected chi connectivity index (χ4v) is 2.83. The number of pyridine rings is 1. The van der Waals surface area contributed by atoms with Crippen LogP contribution in [0.15, 0.2) is 51.6 Å². The Morgan fingerprint density at radius 2 is 2.05 bits per heavy atom. The molecule has 0 bridgehead atoms. The Labute approximate surface area is 137 Å². The summed E-state index contributed by atoms with van der Waals surface area (Å²) in [5.41, 5.74) is 8.30. The molecule has 0 unspecified atom stereocenters. The number of rotatable bonds is 2. The second-order valence-corrected chi connectivity index (χ2v) is 6.21. The molecule has 2 N–H and O–H groups in total. The topological polar surface area (TPSA) is 64.9 Å².